The van der Waals surface area contributed by atoms with Crippen molar-refractivity contribution in [3.05, 3.63) is 12.7 Å². The van der Waals surface area contributed by atoms with E-state index in [4.69, 9.17) is 13.0 Å². The molecule has 0 amide bonds. The lowest BCUT2D eigenvalue weighted by Crippen LogP contribution is -2.26. The van der Waals surface area contributed by atoms with Crippen LogP contribution in [0.15, 0.2) is 12.7 Å². The summed E-state index contributed by atoms with van der Waals surface area (Å²) in [5.74, 6) is 0. The molecule has 0 aliphatic carbocycles. The zero-order valence-electron chi connectivity index (χ0n) is 13.4. The van der Waals surface area contributed by atoms with E-state index in [1.165, 1.54) is 51.6 Å². The van der Waals surface area contributed by atoms with E-state index in [1.54, 1.807) is 0 Å². The van der Waals surface area contributed by atoms with E-state index in [-0.39, 0.29) is 0 Å². The van der Waals surface area contributed by atoms with Gasteiger partial charge in [0.2, 0.25) is 0 Å². The van der Waals surface area contributed by atoms with Gasteiger partial charge in [-0.2, -0.15) is 21.6 Å². The van der Waals surface area contributed by atoms with Crippen LogP contribution >= 0.6 is 0 Å². The predicted octanol–water partition coefficient (Wildman–Crippen LogP) is 4.25. The average molecular weight is 347 g/mol. The molecule has 0 aromatic rings. The fraction of sp³-hybridized carbons (Fsp3) is 0.857. The Morgan fingerprint density at radius 2 is 1.41 bits per heavy atom. The van der Waals surface area contributed by atoms with Crippen molar-refractivity contribution >= 4 is 10.1 Å². The molecule has 0 bridgehead atoms. The number of rotatable bonds is 10. The van der Waals surface area contributed by atoms with Crippen molar-refractivity contribution in [2.75, 3.05) is 19.6 Å². The van der Waals surface area contributed by atoms with E-state index < -0.39 is 15.6 Å². The maximum absolute atomic E-state index is 10.7. The minimum atomic E-state index is -5.84. The number of nitrogens with zero attached hydrogens (tertiary/aromatic N) is 1. The first kappa shape index (κ1) is 23.7. The van der Waals surface area contributed by atoms with E-state index in [2.05, 4.69) is 25.3 Å². The number of halogens is 3. The van der Waals surface area contributed by atoms with Gasteiger partial charge in [0.1, 0.15) is 0 Å². The van der Waals surface area contributed by atoms with Crippen LogP contribution in [0, 0.1) is 0 Å². The lowest BCUT2D eigenvalue weighted by atomic mass is 10.2. The monoisotopic (exact) mass is 347 g/mol. The van der Waals surface area contributed by atoms with Crippen LogP contribution in [0.5, 0.6) is 0 Å². The van der Waals surface area contributed by atoms with Gasteiger partial charge in [-0.05, 0) is 25.9 Å². The van der Waals surface area contributed by atoms with E-state index in [0.29, 0.717) is 0 Å². The molecule has 134 valence electrons. The van der Waals surface area contributed by atoms with Crippen LogP contribution in [0.2, 0.25) is 0 Å². The highest BCUT2D eigenvalue weighted by Crippen LogP contribution is 2.20. The molecule has 0 aliphatic heterocycles. The molecule has 0 saturated heterocycles. The zero-order valence-corrected chi connectivity index (χ0v) is 14.2. The molecular formula is C14H28F3NO3S. The fourth-order valence-electron chi connectivity index (χ4n) is 1.65. The van der Waals surface area contributed by atoms with Crippen LogP contribution in [0.25, 0.3) is 0 Å². The summed E-state index contributed by atoms with van der Waals surface area (Å²) in [4.78, 5) is 2.53. The van der Waals surface area contributed by atoms with Gasteiger partial charge in [0, 0.05) is 6.54 Å². The Hall–Kier alpha value is -0.600. The van der Waals surface area contributed by atoms with Crippen molar-refractivity contribution in [3.8, 4) is 0 Å². The normalized spacial score (nSPS) is 12.0. The molecule has 4 nitrogen and oxygen atoms in total. The Kier molecular flexibility index (Phi) is 13.9. The van der Waals surface area contributed by atoms with Gasteiger partial charge in [-0.3, -0.25) is 9.45 Å². The van der Waals surface area contributed by atoms with Gasteiger partial charge in [0.15, 0.2) is 0 Å². The van der Waals surface area contributed by atoms with Crippen LogP contribution in [0.4, 0.5) is 13.2 Å². The third-order valence-electron chi connectivity index (χ3n) is 2.84. The Morgan fingerprint density at radius 3 is 1.64 bits per heavy atom. The maximum atomic E-state index is 10.7. The van der Waals surface area contributed by atoms with E-state index >= 15 is 0 Å². The largest absolute Gasteiger partial charge is 0.522 e. The third-order valence-corrected chi connectivity index (χ3v) is 3.42. The summed E-state index contributed by atoms with van der Waals surface area (Å²) in [7, 11) is -5.84. The molecular weight excluding hydrogens is 319 g/mol. The van der Waals surface area contributed by atoms with Crippen LogP contribution in [-0.2, 0) is 10.1 Å². The number of hydrogen-bond donors (Lipinski definition) is 1. The molecule has 8 heteroatoms. The standard InChI is InChI=1S/C13H27N.CHF3O3S/c1-4-7-9-12-14(11-6-3)13-10-8-5-2;2-1(3,4)8(5,6)7/h6H,3-5,7-13H2,1-2H3;(H,5,6,7). The molecule has 22 heavy (non-hydrogen) atoms. The number of unbranched alkanes of at least 4 members (excludes halogenated alkanes) is 4. The van der Waals surface area contributed by atoms with Gasteiger partial charge in [-0.25, -0.2) is 0 Å². The molecule has 0 heterocycles. The SMILES string of the molecule is C=CCN(CCCCC)CCCCC.O=S(=O)(O)C(F)(F)F. The first-order chi connectivity index (χ1) is 10.1. The minimum absolute atomic E-state index is 1.06. The molecule has 0 rings (SSSR count). The van der Waals surface area contributed by atoms with Crippen molar-refractivity contribution in [3.63, 3.8) is 0 Å². The van der Waals surface area contributed by atoms with Crippen LogP contribution in [0.1, 0.15) is 52.4 Å². The number of hydrogen-bond acceptors (Lipinski definition) is 3. The van der Waals surface area contributed by atoms with Crippen molar-refractivity contribution in [2.24, 2.45) is 0 Å². The summed E-state index contributed by atoms with van der Waals surface area (Å²) in [5.41, 5.74) is -5.53. The molecule has 0 unspecified atom stereocenters. The second-order valence-electron chi connectivity index (χ2n) is 4.92. The molecule has 0 saturated carbocycles. The highest BCUT2D eigenvalue weighted by molar-refractivity contribution is 7.86. The summed E-state index contributed by atoms with van der Waals surface area (Å²) in [6.45, 7) is 11.9. The van der Waals surface area contributed by atoms with Crippen LogP contribution < -0.4 is 0 Å². The van der Waals surface area contributed by atoms with Gasteiger partial charge in [-0.1, -0.05) is 45.6 Å². The third kappa shape index (κ3) is 14.3. The quantitative estimate of drug-likeness (QED) is 0.278. The van der Waals surface area contributed by atoms with E-state index in [0.717, 1.165) is 6.54 Å². The number of alkyl halides is 3. The van der Waals surface area contributed by atoms with Crippen molar-refractivity contribution in [1.29, 1.82) is 0 Å². The smallest absolute Gasteiger partial charge is 0.300 e. The minimum Gasteiger partial charge on any atom is -0.300 e. The first-order valence-electron chi connectivity index (χ1n) is 7.47. The Morgan fingerprint density at radius 1 is 1.05 bits per heavy atom. The average Bonchev–Trinajstić information content (AvgIpc) is 2.37. The summed E-state index contributed by atoms with van der Waals surface area (Å²) in [6, 6.07) is 0. The topological polar surface area (TPSA) is 57.6 Å². The summed E-state index contributed by atoms with van der Waals surface area (Å²) in [6.07, 6.45) is 10.1. The lowest BCUT2D eigenvalue weighted by molar-refractivity contribution is -0.0510. The van der Waals surface area contributed by atoms with Gasteiger partial charge in [-0.15, -0.1) is 6.58 Å². The zero-order chi connectivity index (χ0) is 17.6. The second-order valence-corrected chi connectivity index (χ2v) is 6.34. The van der Waals surface area contributed by atoms with Gasteiger partial charge >= 0.3 is 15.6 Å². The van der Waals surface area contributed by atoms with Gasteiger partial charge in [0.05, 0.1) is 0 Å². The summed E-state index contributed by atoms with van der Waals surface area (Å²) < 4.78 is 57.5. The molecule has 0 aromatic heterocycles. The van der Waals surface area contributed by atoms with Crippen molar-refractivity contribution < 1.29 is 26.1 Å². The Balaban J connectivity index is 0. The van der Waals surface area contributed by atoms with Gasteiger partial charge < -0.3 is 0 Å². The van der Waals surface area contributed by atoms with Crippen LogP contribution in [0.3, 0.4) is 0 Å². The Bertz CT molecular complexity index is 360. The van der Waals surface area contributed by atoms with E-state index in [1.807, 2.05) is 6.08 Å². The van der Waals surface area contributed by atoms with Gasteiger partial charge in [0.25, 0.3) is 0 Å². The highest BCUT2D eigenvalue weighted by atomic mass is 32.2. The fourth-order valence-corrected chi connectivity index (χ4v) is 1.65. The second kappa shape index (κ2) is 12.9. The molecule has 0 fully saturated rings. The predicted molar refractivity (Wildman–Crippen MR) is 83.3 cm³/mol. The van der Waals surface area contributed by atoms with Crippen molar-refractivity contribution in [2.45, 2.75) is 57.9 Å². The molecule has 0 atom stereocenters. The van der Waals surface area contributed by atoms with Crippen LogP contribution in [-0.4, -0.2) is 43.0 Å². The first-order valence-corrected chi connectivity index (χ1v) is 8.91. The highest BCUT2D eigenvalue weighted by Gasteiger charge is 2.44. The Labute approximate surface area is 132 Å². The van der Waals surface area contributed by atoms with Crippen molar-refractivity contribution in [1.82, 2.24) is 4.90 Å². The molecule has 0 aliphatic rings. The maximum Gasteiger partial charge on any atom is 0.522 e. The molecule has 0 aromatic carbocycles. The van der Waals surface area contributed by atoms with E-state index in [9.17, 15) is 13.2 Å². The molecule has 0 radical (unpaired) electrons. The molecule has 0 spiro atoms. The summed E-state index contributed by atoms with van der Waals surface area (Å²) in [5, 5.41) is 0. The molecule has 1 N–H and O–H groups in total. The summed E-state index contributed by atoms with van der Waals surface area (Å²) >= 11 is 0. The lowest BCUT2D eigenvalue weighted by Gasteiger charge is -2.20.